The Hall–Kier alpha value is -1.44. The van der Waals surface area contributed by atoms with Crippen molar-refractivity contribution in [3.63, 3.8) is 0 Å². The normalized spacial score (nSPS) is 14.4. The summed E-state index contributed by atoms with van der Waals surface area (Å²) in [6, 6.07) is 0. The maximum atomic E-state index is 11.5. The molecule has 9 nitrogen and oxygen atoms in total. The minimum Gasteiger partial charge on any atom is -0.444 e. The number of hydrogen-bond acceptors (Lipinski definition) is 8. The number of alkyl carbamates (subject to hydrolysis) is 1. The first kappa shape index (κ1) is 20.6. The monoisotopic (exact) mass is 361 g/mol. The summed E-state index contributed by atoms with van der Waals surface area (Å²) in [4.78, 5) is 11.5. The second-order valence-electron chi connectivity index (χ2n) is 5.85. The minimum absolute atomic E-state index is 0.401. The maximum absolute atomic E-state index is 11.5. The summed E-state index contributed by atoms with van der Waals surface area (Å²) in [5.74, 6) is 1.29. The molecule has 0 aromatic heterocycles. The summed E-state index contributed by atoms with van der Waals surface area (Å²) in [5, 5.41) is 10.9. The lowest BCUT2D eigenvalue weighted by Gasteiger charge is -2.21. The van der Waals surface area contributed by atoms with E-state index in [2.05, 4.69) is 26.4 Å². The summed E-state index contributed by atoms with van der Waals surface area (Å²) in [5.41, 5.74) is 5.42. The molecule has 1 aliphatic rings. The number of nitrogens with one attached hydrogen (secondary N) is 3. The summed E-state index contributed by atoms with van der Waals surface area (Å²) >= 11 is 0. The van der Waals surface area contributed by atoms with Crippen LogP contribution in [0.3, 0.4) is 0 Å². The highest BCUT2D eigenvalue weighted by molar-refractivity contribution is 7.48. The fraction of sp³-hybridized carbons (Fsp3) is 0.786. The van der Waals surface area contributed by atoms with Crippen LogP contribution in [0.25, 0.3) is 0 Å². The summed E-state index contributed by atoms with van der Waals surface area (Å²) in [6.07, 6.45) is 0.598. The third-order valence-corrected chi connectivity index (χ3v) is 4.15. The van der Waals surface area contributed by atoms with Gasteiger partial charge in [-0.3, -0.25) is 10.9 Å². The fourth-order valence-electron chi connectivity index (χ4n) is 1.63. The third kappa shape index (κ3) is 9.00. The molecule has 24 heavy (non-hydrogen) atoms. The van der Waals surface area contributed by atoms with Crippen LogP contribution in [0.5, 0.6) is 0 Å². The highest BCUT2D eigenvalue weighted by Gasteiger charge is 2.18. The van der Waals surface area contributed by atoms with Gasteiger partial charge in [0, 0.05) is 13.0 Å². The quantitative estimate of drug-likeness (QED) is 0.543. The smallest absolute Gasteiger partial charge is 0.407 e. The van der Waals surface area contributed by atoms with Crippen LogP contribution in [0.4, 0.5) is 4.79 Å². The van der Waals surface area contributed by atoms with Crippen LogP contribution >= 0.6 is 8.38 Å². The van der Waals surface area contributed by atoms with Gasteiger partial charge in [0.15, 0.2) is 14.2 Å². The highest BCUT2D eigenvalue weighted by Crippen LogP contribution is 2.37. The van der Waals surface area contributed by atoms with Crippen molar-refractivity contribution in [2.24, 2.45) is 10.2 Å². The number of carbonyl (C=O) groups is 1. The second-order valence-corrected chi connectivity index (χ2v) is 7.35. The molecule has 0 spiro atoms. The van der Waals surface area contributed by atoms with Crippen LogP contribution in [-0.4, -0.2) is 49.3 Å². The predicted molar refractivity (Wildman–Crippen MR) is 95.0 cm³/mol. The van der Waals surface area contributed by atoms with Crippen molar-refractivity contribution in [3.05, 3.63) is 0 Å². The van der Waals surface area contributed by atoms with Crippen molar-refractivity contribution >= 4 is 26.1 Å². The zero-order valence-electron chi connectivity index (χ0n) is 15.0. The van der Waals surface area contributed by atoms with E-state index in [4.69, 9.17) is 13.8 Å². The minimum atomic E-state index is -1.01. The largest absolute Gasteiger partial charge is 0.444 e. The zero-order chi connectivity index (χ0) is 18.0. The molecule has 0 fully saturated rings. The van der Waals surface area contributed by atoms with E-state index < -0.39 is 20.1 Å². The van der Waals surface area contributed by atoms with E-state index in [1.165, 1.54) is 0 Å². The molecule has 0 radical (unpaired) electrons. The molecule has 0 saturated carbocycles. The Labute approximate surface area is 144 Å². The van der Waals surface area contributed by atoms with Gasteiger partial charge in [0.2, 0.25) is 0 Å². The average Bonchev–Trinajstić information content (AvgIpc) is 2.48. The molecule has 3 N–H and O–H groups in total. The molecule has 0 aromatic rings. The lowest BCUT2D eigenvalue weighted by atomic mass is 10.2. The molecule has 1 aliphatic heterocycles. The molecule has 0 bridgehead atoms. The lowest BCUT2D eigenvalue weighted by molar-refractivity contribution is 0.0529. The number of amides is 1. The molecule has 0 saturated heterocycles. The van der Waals surface area contributed by atoms with Crippen molar-refractivity contribution in [1.82, 2.24) is 16.2 Å². The van der Waals surface area contributed by atoms with E-state index in [0.717, 1.165) is 0 Å². The standard InChI is InChI=1S/C14H28N5O4P/c1-6-21-24(22-7-2)10-12-18-16-11(17-19-12)8-9-15-13(20)23-14(3,4)5/h6-10H2,1-5H3,(H,15,20)(H,16,17)(H,18,19). The van der Waals surface area contributed by atoms with Crippen molar-refractivity contribution < 1.29 is 18.6 Å². The molecular weight excluding hydrogens is 333 g/mol. The van der Waals surface area contributed by atoms with Gasteiger partial charge in [0.05, 0.1) is 19.4 Å². The SMILES string of the molecule is CCOP(CC1=NN=C(CCNC(=O)OC(C)(C)C)NN1)OCC. The lowest BCUT2D eigenvalue weighted by Crippen LogP contribution is -2.46. The van der Waals surface area contributed by atoms with E-state index in [0.29, 0.717) is 44.0 Å². The van der Waals surface area contributed by atoms with Crippen molar-refractivity contribution in [2.45, 2.75) is 46.6 Å². The average molecular weight is 361 g/mol. The number of amidine groups is 2. The number of hydrazine groups is 1. The van der Waals surface area contributed by atoms with E-state index in [1.807, 2.05) is 34.6 Å². The molecule has 0 atom stereocenters. The van der Waals surface area contributed by atoms with Crippen LogP contribution in [0, 0.1) is 0 Å². The molecule has 10 heteroatoms. The van der Waals surface area contributed by atoms with Gasteiger partial charge in [-0.05, 0) is 34.6 Å². The second kappa shape index (κ2) is 10.4. The van der Waals surface area contributed by atoms with Crippen molar-refractivity contribution in [3.8, 4) is 0 Å². The van der Waals surface area contributed by atoms with Crippen LogP contribution in [0.15, 0.2) is 10.2 Å². The molecule has 1 heterocycles. The van der Waals surface area contributed by atoms with E-state index in [-0.39, 0.29) is 0 Å². The van der Waals surface area contributed by atoms with Gasteiger partial charge in [-0.25, -0.2) is 4.79 Å². The Morgan fingerprint density at radius 3 is 2.21 bits per heavy atom. The molecular formula is C14H28N5O4P. The first-order chi connectivity index (χ1) is 11.3. The Morgan fingerprint density at radius 2 is 1.71 bits per heavy atom. The van der Waals surface area contributed by atoms with Gasteiger partial charge in [-0.1, -0.05) is 0 Å². The van der Waals surface area contributed by atoms with Crippen LogP contribution in [0.1, 0.15) is 41.0 Å². The summed E-state index contributed by atoms with van der Waals surface area (Å²) in [6.45, 7) is 10.9. The molecule has 0 aliphatic carbocycles. The number of ether oxygens (including phenoxy) is 1. The molecule has 0 aromatic carbocycles. The van der Waals surface area contributed by atoms with Crippen LogP contribution in [0.2, 0.25) is 0 Å². The van der Waals surface area contributed by atoms with E-state index >= 15 is 0 Å². The maximum Gasteiger partial charge on any atom is 0.407 e. The Bertz CT molecular complexity index is 459. The molecule has 0 unspecified atom stereocenters. The number of rotatable bonds is 9. The van der Waals surface area contributed by atoms with Gasteiger partial charge in [0.1, 0.15) is 11.4 Å². The zero-order valence-corrected chi connectivity index (χ0v) is 15.9. The van der Waals surface area contributed by atoms with Crippen molar-refractivity contribution in [2.75, 3.05) is 25.9 Å². The third-order valence-electron chi connectivity index (χ3n) is 2.50. The summed E-state index contributed by atoms with van der Waals surface area (Å²) in [7, 11) is -1.01. The first-order valence-electron chi connectivity index (χ1n) is 7.99. The fourth-order valence-corrected chi connectivity index (χ4v) is 2.85. The van der Waals surface area contributed by atoms with Gasteiger partial charge in [-0.2, -0.15) is 0 Å². The van der Waals surface area contributed by atoms with Gasteiger partial charge in [0.25, 0.3) is 0 Å². The number of nitrogens with zero attached hydrogens (tertiary/aromatic N) is 2. The number of hydrogen-bond donors (Lipinski definition) is 3. The van der Waals surface area contributed by atoms with E-state index in [1.54, 1.807) is 0 Å². The number of carbonyl (C=O) groups excluding carboxylic acids is 1. The Balaban J connectivity index is 2.36. The molecule has 1 amide bonds. The predicted octanol–water partition coefficient (Wildman–Crippen LogP) is 2.11. The van der Waals surface area contributed by atoms with Gasteiger partial charge in [-0.15, -0.1) is 10.2 Å². The highest BCUT2D eigenvalue weighted by atomic mass is 31.2. The topological polar surface area (TPSA) is 106 Å². The first-order valence-corrected chi connectivity index (χ1v) is 9.36. The summed E-state index contributed by atoms with van der Waals surface area (Å²) < 4.78 is 16.2. The van der Waals surface area contributed by atoms with Gasteiger partial charge < -0.3 is 19.1 Å². The Kier molecular flexibility index (Phi) is 8.95. The Morgan fingerprint density at radius 1 is 1.12 bits per heavy atom. The van der Waals surface area contributed by atoms with Crippen LogP contribution < -0.4 is 16.2 Å². The van der Waals surface area contributed by atoms with Crippen molar-refractivity contribution in [1.29, 1.82) is 0 Å². The molecule has 138 valence electrons. The van der Waals surface area contributed by atoms with Crippen LogP contribution in [-0.2, 0) is 13.8 Å². The molecule has 1 rings (SSSR count). The van der Waals surface area contributed by atoms with E-state index in [9.17, 15) is 4.79 Å². The van der Waals surface area contributed by atoms with Gasteiger partial charge >= 0.3 is 6.09 Å².